The molecule has 0 radical (unpaired) electrons. The van der Waals surface area contributed by atoms with Crippen molar-refractivity contribution in [3.8, 4) is 23.0 Å². The molecule has 107 heavy (non-hydrogen) atoms. The van der Waals surface area contributed by atoms with Crippen LogP contribution < -0.4 is 29.6 Å². The topological polar surface area (TPSA) is 373 Å². The van der Waals surface area contributed by atoms with Gasteiger partial charge in [-0.1, -0.05) is 132 Å². The van der Waals surface area contributed by atoms with Gasteiger partial charge in [-0.25, -0.2) is 19.2 Å². The lowest BCUT2D eigenvalue weighted by atomic mass is 10.1. The molecule has 0 aromatic heterocycles. The fourth-order valence-corrected chi connectivity index (χ4v) is 9.34. The van der Waals surface area contributed by atoms with Crippen LogP contribution in [0.15, 0.2) is 175 Å². The number of halogens is 5. The molecule has 0 aliphatic rings. The first-order valence-electron chi connectivity index (χ1n) is 32.4. The maximum absolute atomic E-state index is 12.2. The minimum absolute atomic E-state index is 0.0350. The van der Waals surface area contributed by atoms with E-state index in [-0.39, 0.29) is 62.2 Å². The zero-order chi connectivity index (χ0) is 80.9. The number of amides is 2. The average Bonchev–Trinajstić information content (AvgIpc) is 0.824. The second-order valence-corrected chi connectivity index (χ2v) is 24.2. The SMILES string of the molecule is C=CC(=O)OCCCCOC.C=CC(=O)OCCCCOC.C=CC(=O)OCCCCOc1ccc(C)cc1.C=CC(=O)OCCCCOc1ccc(C)cc1.CC(=O)Oc1c(Br)cc(NC(=O)c2ccc(C)cc2)cc1Br.CC(=O)Oc1c(Cl)cc(NC(=O)c2ccc(C)cc2)c(Cl)c1Cl.[N-]=[N+]=N.[N-]=[N+]=N. The zero-order valence-electron chi connectivity index (χ0n) is 60.9. The third-order valence-electron chi connectivity index (χ3n) is 12.5. The van der Waals surface area contributed by atoms with E-state index in [2.05, 4.69) is 68.8 Å². The molecule has 0 saturated carbocycles. The summed E-state index contributed by atoms with van der Waals surface area (Å²) in [6, 6.07) is 34.9. The Morgan fingerprint density at radius 1 is 0.439 bits per heavy atom. The first kappa shape index (κ1) is 99.1. The molecule has 0 spiro atoms. The van der Waals surface area contributed by atoms with Crippen molar-refractivity contribution in [1.82, 2.24) is 0 Å². The number of ether oxygens (including phenoxy) is 10. The van der Waals surface area contributed by atoms with Crippen molar-refractivity contribution in [2.75, 3.05) is 77.7 Å². The minimum atomic E-state index is -0.582. The fourth-order valence-electron chi connectivity index (χ4n) is 7.27. The van der Waals surface area contributed by atoms with E-state index in [1.54, 1.807) is 60.4 Å². The number of hydrogen-bond donors (Lipinski definition) is 4. The number of methoxy groups -OCH3 is 2. The number of nitrogens with one attached hydrogen (secondary N) is 4. The van der Waals surface area contributed by atoms with Gasteiger partial charge in [0, 0.05) is 82.4 Å². The number of anilines is 2. The summed E-state index contributed by atoms with van der Waals surface area (Å²) in [5, 5.41) is 5.48. The summed E-state index contributed by atoms with van der Waals surface area (Å²) in [5.74, 6) is -0.950. The van der Waals surface area contributed by atoms with Gasteiger partial charge in [-0.05, 0) is 199 Å². The van der Waals surface area contributed by atoms with Gasteiger partial charge in [0.05, 0.1) is 64.3 Å². The molecule has 0 aliphatic carbocycles. The van der Waals surface area contributed by atoms with Crippen LogP contribution in [0.25, 0.3) is 20.9 Å². The van der Waals surface area contributed by atoms with Gasteiger partial charge in [0.2, 0.25) is 0 Å². The quantitative estimate of drug-likeness (QED) is 0.00351. The molecule has 578 valence electrons. The average molecular weight is 1670 g/mol. The molecule has 0 heterocycles. The van der Waals surface area contributed by atoms with Crippen LogP contribution in [0.2, 0.25) is 15.1 Å². The lowest BCUT2D eigenvalue weighted by Crippen LogP contribution is -2.12. The lowest BCUT2D eigenvalue weighted by molar-refractivity contribution is -0.138. The molecule has 2 amide bonds. The second-order valence-electron chi connectivity index (χ2n) is 21.3. The number of rotatable bonds is 32. The predicted octanol–water partition coefficient (Wildman–Crippen LogP) is 19.6. The summed E-state index contributed by atoms with van der Waals surface area (Å²) in [7, 11) is 3.30. The summed E-state index contributed by atoms with van der Waals surface area (Å²) in [4.78, 5) is 92.4. The summed E-state index contributed by atoms with van der Waals surface area (Å²) >= 11 is 24.8. The first-order valence-corrected chi connectivity index (χ1v) is 35.1. The Bertz CT molecular complexity index is 3670. The molecular weight excluding hydrogens is 1580 g/mol. The molecule has 31 heteroatoms. The van der Waals surface area contributed by atoms with E-state index in [0.717, 1.165) is 86.1 Å². The van der Waals surface area contributed by atoms with Gasteiger partial charge in [0.1, 0.15) is 16.5 Å². The van der Waals surface area contributed by atoms with Gasteiger partial charge < -0.3 is 58.0 Å². The maximum atomic E-state index is 12.2. The number of unbranched alkanes of at least 4 members (excludes halogenated alkanes) is 4. The minimum Gasteiger partial charge on any atom is -0.494 e. The van der Waals surface area contributed by atoms with Gasteiger partial charge in [0.25, 0.3) is 11.8 Å². The molecule has 0 unspecified atom stereocenters. The number of hydrogen-bond acceptors (Lipinski definition) is 20. The highest BCUT2D eigenvalue weighted by atomic mass is 79.9. The fraction of sp³-hybridized carbons (Fsp3) is 0.316. The molecule has 0 bridgehead atoms. The molecule has 6 rings (SSSR count). The Hall–Kier alpha value is -9.99. The molecule has 0 fully saturated rings. The van der Waals surface area contributed by atoms with Crippen molar-refractivity contribution >= 4 is 126 Å². The van der Waals surface area contributed by atoms with E-state index in [0.29, 0.717) is 84.4 Å². The molecule has 0 aliphatic heterocycles. The van der Waals surface area contributed by atoms with E-state index in [9.17, 15) is 38.4 Å². The maximum Gasteiger partial charge on any atom is 0.330 e. The van der Waals surface area contributed by atoms with Gasteiger partial charge in [0.15, 0.2) is 11.5 Å². The molecule has 4 N–H and O–H groups in total. The summed E-state index contributed by atoms with van der Waals surface area (Å²) in [6.45, 7) is 28.1. The van der Waals surface area contributed by atoms with Crippen molar-refractivity contribution in [3.05, 3.63) is 244 Å². The molecule has 6 aromatic rings. The Morgan fingerprint density at radius 2 is 0.720 bits per heavy atom. The number of benzene rings is 6. The number of carbonyl (C=O) groups excluding carboxylic acids is 8. The Kier molecular flexibility index (Phi) is 57.6. The van der Waals surface area contributed by atoms with Crippen molar-refractivity contribution in [1.29, 1.82) is 11.1 Å². The number of nitrogens with zero attached hydrogens (tertiary/aromatic N) is 4. The van der Waals surface area contributed by atoms with E-state index in [1.165, 1.54) is 43.2 Å². The number of aryl methyl sites for hydroxylation is 4. The highest BCUT2D eigenvalue weighted by molar-refractivity contribution is 9.11. The van der Waals surface area contributed by atoms with Crippen LogP contribution in [0.4, 0.5) is 11.4 Å². The van der Waals surface area contributed by atoms with Crippen LogP contribution in [0, 0.1) is 38.8 Å². The molecular formula is C76H91Br2Cl3N8O18. The summed E-state index contributed by atoms with van der Waals surface area (Å²) < 4.78 is 51.0. The van der Waals surface area contributed by atoms with Crippen molar-refractivity contribution in [2.45, 2.75) is 92.9 Å². The highest BCUT2D eigenvalue weighted by Gasteiger charge is 2.20. The van der Waals surface area contributed by atoms with E-state index in [4.69, 9.17) is 104 Å². The van der Waals surface area contributed by atoms with Crippen molar-refractivity contribution in [2.24, 2.45) is 0 Å². The standard InChI is InChI=1S/C16H13Br2NO3.C16H12Cl3NO3.2C14H18O3.2C8H14O3.2HN3/c1-9-3-5-11(6-4-9)16(21)19-12-7-13(17)15(14(18)8-12)22-10(2)20;1-8-3-5-10(6-4-8)16(22)20-12-7-11(17)15(23-9(2)21)14(19)13(12)18;2*1-3-14(15)17-11-5-4-10-16-13-8-6-12(2)7-9-13;2*1-3-8(9)11-7-5-4-6-10-2;2*1-3-2/h3-8H,1-2H3,(H,19,21);3-7H,1-2H3,(H,20,22);2*3,6-9H,1,4-5,10-11H2,2H3;2*3H,1,4-7H2,2H3;2*1H. The van der Waals surface area contributed by atoms with Crippen molar-refractivity contribution < 1.29 is 85.7 Å². The van der Waals surface area contributed by atoms with Crippen LogP contribution in [0.5, 0.6) is 23.0 Å². The second kappa shape index (κ2) is 62.2. The smallest absolute Gasteiger partial charge is 0.330 e. The van der Waals surface area contributed by atoms with Crippen LogP contribution in [0.3, 0.4) is 0 Å². The zero-order valence-corrected chi connectivity index (χ0v) is 66.4. The number of esters is 6. The van der Waals surface area contributed by atoms with Crippen molar-refractivity contribution in [3.63, 3.8) is 0 Å². The third kappa shape index (κ3) is 50.2. The monoisotopic (exact) mass is 1670 g/mol. The number of carbonyl (C=O) groups is 8. The van der Waals surface area contributed by atoms with E-state index >= 15 is 0 Å². The molecule has 6 aromatic carbocycles. The Balaban J connectivity index is 0. The van der Waals surface area contributed by atoms with Crippen LogP contribution >= 0.6 is 66.7 Å². The third-order valence-corrected chi connectivity index (χ3v) is 14.8. The predicted molar refractivity (Wildman–Crippen MR) is 422 cm³/mol. The normalized spacial score (nSPS) is 9.43. The van der Waals surface area contributed by atoms with Gasteiger partial charge in [-0.15, -0.1) is 11.1 Å². The van der Waals surface area contributed by atoms with Crippen LogP contribution in [-0.2, 0) is 57.2 Å². The highest BCUT2D eigenvalue weighted by Crippen LogP contribution is 2.43. The molecule has 0 atom stereocenters. The van der Waals surface area contributed by atoms with Crippen LogP contribution in [-0.4, -0.2) is 115 Å². The summed E-state index contributed by atoms with van der Waals surface area (Å²) in [6.07, 6.45) is 11.5. The molecule has 26 nitrogen and oxygen atoms in total. The largest absolute Gasteiger partial charge is 0.494 e. The Morgan fingerprint density at radius 3 is 1.02 bits per heavy atom. The van der Waals surface area contributed by atoms with Crippen LogP contribution in [0.1, 0.15) is 108 Å². The van der Waals surface area contributed by atoms with Gasteiger partial charge in [-0.2, -0.15) is 0 Å². The van der Waals surface area contributed by atoms with Gasteiger partial charge >= 0.3 is 35.8 Å². The van der Waals surface area contributed by atoms with E-state index < -0.39 is 11.9 Å². The Labute approximate surface area is 656 Å². The van der Waals surface area contributed by atoms with E-state index in [1.807, 2.05) is 100 Å². The lowest BCUT2D eigenvalue weighted by Gasteiger charge is -2.13. The summed E-state index contributed by atoms with van der Waals surface area (Å²) in [5.41, 5.74) is 30.9. The van der Waals surface area contributed by atoms with Gasteiger partial charge in [-0.3, -0.25) is 19.2 Å². The first-order chi connectivity index (χ1) is 51.0. The molecule has 0 saturated heterocycles.